The van der Waals surface area contributed by atoms with Gasteiger partial charge in [-0.1, -0.05) is 22.9 Å². The molecule has 5 heteroatoms. The van der Waals surface area contributed by atoms with Crippen LogP contribution in [-0.4, -0.2) is 5.10 Å². The third-order valence-corrected chi connectivity index (χ3v) is 3.93. The fraction of sp³-hybridized carbons (Fsp3) is 0. The fourth-order valence-electron chi connectivity index (χ4n) is 1.84. The van der Waals surface area contributed by atoms with Crippen molar-refractivity contribution >= 4 is 23.6 Å². The highest BCUT2D eigenvalue weighted by molar-refractivity contribution is 7.73. The first kappa shape index (κ1) is 12.2. The van der Waals surface area contributed by atoms with Crippen molar-refractivity contribution in [3.8, 4) is 16.3 Å². The van der Waals surface area contributed by atoms with E-state index in [0.717, 1.165) is 16.3 Å². The van der Waals surface area contributed by atoms with Crippen LogP contribution in [0.25, 0.3) is 16.3 Å². The van der Waals surface area contributed by atoms with Crippen LogP contribution >= 0.6 is 23.6 Å². The third-order valence-electron chi connectivity index (χ3n) is 2.70. The summed E-state index contributed by atoms with van der Waals surface area (Å²) in [4.78, 5) is 0. The standard InChI is InChI=1S/C14H9FN2S2/c15-11-8-6-10(7-9-11)13-17(16-14(18)19-13)12-4-2-1-3-5-12/h1-9H/p+1. The molecule has 1 N–H and O–H groups in total. The number of hydrogen-bond acceptors (Lipinski definition) is 2. The molecular formula is C14H10FN2S2+. The molecule has 0 fully saturated rings. The zero-order valence-electron chi connectivity index (χ0n) is 9.84. The lowest BCUT2D eigenvalue weighted by Gasteiger charge is -1.96. The third kappa shape index (κ3) is 2.47. The average Bonchev–Trinajstić information content (AvgIpc) is 2.83. The van der Waals surface area contributed by atoms with Crippen molar-refractivity contribution in [1.82, 2.24) is 5.10 Å². The van der Waals surface area contributed by atoms with E-state index in [1.54, 1.807) is 12.1 Å². The van der Waals surface area contributed by atoms with Crippen LogP contribution in [0.2, 0.25) is 0 Å². The van der Waals surface area contributed by atoms with Gasteiger partial charge in [0.05, 0.1) is 5.56 Å². The lowest BCUT2D eigenvalue weighted by atomic mass is 10.2. The van der Waals surface area contributed by atoms with Gasteiger partial charge in [-0.2, -0.15) is 0 Å². The summed E-state index contributed by atoms with van der Waals surface area (Å²) in [5, 5.41) is 4.09. The molecule has 19 heavy (non-hydrogen) atoms. The van der Waals surface area contributed by atoms with E-state index in [-0.39, 0.29) is 5.82 Å². The molecule has 0 aliphatic rings. The van der Waals surface area contributed by atoms with Crippen LogP contribution in [0.1, 0.15) is 0 Å². The van der Waals surface area contributed by atoms with Crippen molar-refractivity contribution in [2.75, 3.05) is 0 Å². The number of H-pyrrole nitrogens is 1. The lowest BCUT2D eigenvalue weighted by molar-refractivity contribution is -0.643. The lowest BCUT2D eigenvalue weighted by Crippen LogP contribution is -2.34. The van der Waals surface area contributed by atoms with Crippen molar-refractivity contribution in [1.29, 1.82) is 0 Å². The average molecular weight is 289 g/mol. The first-order valence-corrected chi connectivity index (χ1v) is 6.93. The molecule has 1 aromatic heterocycles. The van der Waals surface area contributed by atoms with E-state index in [1.165, 1.54) is 23.5 Å². The molecule has 0 unspecified atom stereocenters. The van der Waals surface area contributed by atoms with E-state index in [1.807, 2.05) is 35.0 Å². The van der Waals surface area contributed by atoms with Crippen LogP contribution in [0.4, 0.5) is 4.39 Å². The Morgan fingerprint density at radius 1 is 1.00 bits per heavy atom. The van der Waals surface area contributed by atoms with Crippen LogP contribution in [0.5, 0.6) is 0 Å². The summed E-state index contributed by atoms with van der Waals surface area (Å²) in [6, 6.07) is 16.3. The van der Waals surface area contributed by atoms with Crippen molar-refractivity contribution in [3.63, 3.8) is 0 Å². The Kier molecular flexibility index (Phi) is 3.23. The smallest absolute Gasteiger partial charge is 0.207 e. The second-order valence-electron chi connectivity index (χ2n) is 3.98. The predicted molar refractivity (Wildman–Crippen MR) is 76.4 cm³/mol. The van der Waals surface area contributed by atoms with Gasteiger partial charge in [0.15, 0.2) is 0 Å². The summed E-state index contributed by atoms with van der Waals surface area (Å²) in [7, 11) is 0. The molecule has 1 heterocycles. The molecule has 0 saturated heterocycles. The maximum absolute atomic E-state index is 13.0. The molecule has 3 rings (SSSR count). The van der Waals surface area contributed by atoms with Crippen LogP contribution in [0, 0.1) is 9.77 Å². The first-order valence-electron chi connectivity index (χ1n) is 5.70. The summed E-state index contributed by atoms with van der Waals surface area (Å²) in [5.74, 6) is -0.242. The van der Waals surface area contributed by atoms with E-state index in [9.17, 15) is 4.39 Å². The molecule has 0 radical (unpaired) electrons. The summed E-state index contributed by atoms with van der Waals surface area (Å²) in [5.41, 5.74) is 1.93. The second-order valence-corrected chi connectivity index (χ2v) is 5.65. The highest BCUT2D eigenvalue weighted by Crippen LogP contribution is 2.22. The van der Waals surface area contributed by atoms with E-state index < -0.39 is 0 Å². The molecule has 0 amide bonds. The molecule has 0 atom stereocenters. The van der Waals surface area contributed by atoms with E-state index in [0.29, 0.717) is 3.95 Å². The molecule has 0 saturated carbocycles. The van der Waals surface area contributed by atoms with E-state index in [2.05, 4.69) is 5.10 Å². The van der Waals surface area contributed by atoms with Gasteiger partial charge < -0.3 is 0 Å². The van der Waals surface area contributed by atoms with Gasteiger partial charge in [-0.3, -0.25) is 0 Å². The number of aromatic amines is 1. The monoisotopic (exact) mass is 289 g/mol. The highest BCUT2D eigenvalue weighted by Gasteiger charge is 2.19. The molecule has 3 aromatic rings. The molecule has 2 aromatic carbocycles. The molecule has 0 aliphatic heterocycles. The number of nitrogens with zero attached hydrogens (tertiary/aromatic N) is 1. The Bertz CT molecular complexity index is 745. The second kappa shape index (κ2) is 5.03. The highest BCUT2D eigenvalue weighted by atomic mass is 32.1. The number of para-hydroxylation sites is 1. The first-order chi connectivity index (χ1) is 9.24. The molecule has 0 spiro atoms. The maximum Gasteiger partial charge on any atom is 0.301 e. The van der Waals surface area contributed by atoms with Gasteiger partial charge in [0.25, 0.3) is 0 Å². The van der Waals surface area contributed by atoms with Crippen LogP contribution in [-0.2, 0) is 0 Å². The van der Waals surface area contributed by atoms with Gasteiger partial charge >= 0.3 is 5.01 Å². The van der Waals surface area contributed by atoms with Crippen LogP contribution in [0.3, 0.4) is 0 Å². The maximum atomic E-state index is 13.0. The zero-order chi connectivity index (χ0) is 13.2. The summed E-state index contributed by atoms with van der Waals surface area (Å²) < 4.78 is 15.6. The summed E-state index contributed by atoms with van der Waals surface area (Å²) in [6.45, 7) is 0. The van der Waals surface area contributed by atoms with Gasteiger partial charge in [0.1, 0.15) is 5.82 Å². The topological polar surface area (TPSA) is 19.7 Å². The number of nitrogens with one attached hydrogen (secondary N) is 1. The molecule has 0 bridgehead atoms. The van der Waals surface area contributed by atoms with Gasteiger partial charge in [-0.15, -0.1) is 5.10 Å². The van der Waals surface area contributed by atoms with E-state index >= 15 is 0 Å². The van der Waals surface area contributed by atoms with Crippen molar-refractivity contribution in [2.24, 2.45) is 0 Å². The van der Waals surface area contributed by atoms with Gasteiger partial charge in [0.2, 0.25) is 9.64 Å². The van der Waals surface area contributed by atoms with Crippen molar-refractivity contribution in [2.45, 2.75) is 0 Å². The minimum absolute atomic E-state index is 0.242. The molecule has 94 valence electrons. The van der Waals surface area contributed by atoms with Crippen LogP contribution in [0.15, 0.2) is 54.6 Å². The van der Waals surface area contributed by atoms with E-state index in [4.69, 9.17) is 12.2 Å². The minimum Gasteiger partial charge on any atom is -0.207 e. The van der Waals surface area contributed by atoms with Gasteiger partial charge in [-0.05, 0) is 47.8 Å². The predicted octanol–water partition coefficient (Wildman–Crippen LogP) is 3.89. The summed E-state index contributed by atoms with van der Waals surface area (Å²) >= 11 is 6.68. The Hall–Kier alpha value is -1.85. The Labute approximate surface area is 118 Å². The SMILES string of the molecule is Fc1ccc(-c2sc(=S)[nH][n+]2-c2ccccc2)cc1. The largest absolute Gasteiger partial charge is 0.301 e. The number of hydrogen-bond donors (Lipinski definition) is 1. The van der Waals surface area contributed by atoms with Crippen molar-refractivity contribution < 1.29 is 9.07 Å². The number of benzene rings is 2. The Balaban J connectivity index is 2.17. The minimum atomic E-state index is -0.242. The molecular weight excluding hydrogens is 279 g/mol. The van der Waals surface area contributed by atoms with Gasteiger partial charge in [-0.25, -0.2) is 4.39 Å². The van der Waals surface area contributed by atoms with Gasteiger partial charge in [0, 0.05) is 12.1 Å². The number of halogens is 1. The number of aromatic nitrogens is 2. The van der Waals surface area contributed by atoms with Crippen LogP contribution < -0.4 is 4.68 Å². The zero-order valence-corrected chi connectivity index (χ0v) is 11.5. The molecule has 2 nitrogen and oxygen atoms in total. The normalized spacial score (nSPS) is 10.6. The Morgan fingerprint density at radius 3 is 2.37 bits per heavy atom. The fourth-order valence-corrected chi connectivity index (χ4v) is 2.97. The number of rotatable bonds is 2. The van der Waals surface area contributed by atoms with Crippen molar-refractivity contribution in [3.05, 3.63) is 64.4 Å². The molecule has 0 aliphatic carbocycles. The Morgan fingerprint density at radius 2 is 1.68 bits per heavy atom. The summed E-state index contributed by atoms with van der Waals surface area (Å²) in [6.07, 6.45) is 0. The quantitative estimate of drug-likeness (QED) is 0.560.